The molecule has 0 aliphatic heterocycles. The van der Waals surface area contributed by atoms with Crippen molar-refractivity contribution in [3.63, 3.8) is 0 Å². The Labute approximate surface area is 427 Å². The number of ether oxygens (including phenoxy) is 1. The molecule has 23 nitrogen and oxygen atoms in total. The first kappa shape index (κ1) is 54.7. The average Bonchev–Trinajstić information content (AvgIpc) is 4.07. The van der Waals surface area contributed by atoms with E-state index in [1.54, 1.807) is 12.1 Å². The van der Waals surface area contributed by atoms with E-state index in [9.17, 15) is 45.5 Å². The Bertz CT molecular complexity index is 3310. The van der Waals surface area contributed by atoms with Crippen LogP contribution in [0.5, 0.6) is 0 Å². The molecule has 0 atom stereocenters. The zero-order valence-corrected chi connectivity index (χ0v) is 41.5. The number of aromatic amines is 1. The van der Waals surface area contributed by atoms with Crippen LogP contribution in [0.2, 0.25) is 25.7 Å². The number of alkyl halides is 6. The Morgan fingerprint density at radius 3 is 1.59 bits per heavy atom. The normalized spacial score (nSPS) is 11.7. The number of pyridine rings is 4. The molecular weight excluding hydrogens is 1030 g/mol. The molecule has 4 amide bonds. The molecule has 0 aliphatic carbocycles. The van der Waals surface area contributed by atoms with Gasteiger partial charge in [0.1, 0.15) is 30.0 Å². The molecule has 0 saturated heterocycles. The van der Waals surface area contributed by atoms with Crippen molar-refractivity contribution in [2.24, 2.45) is 0 Å². The number of amides is 4. The van der Waals surface area contributed by atoms with Gasteiger partial charge in [0.05, 0.1) is 107 Å². The highest BCUT2D eigenvalue weighted by atomic mass is 28.3. The van der Waals surface area contributed by atoms with E-state index in [0.29, 0.717) is 40.8 Å². The molecule has 396 valence electrons. The summed E-state index contributed by atoms with van der Waals surface area (Å²) in [6, 6.07) is 8.07. The van der Waals surface area contributed by atoms with Gasteiger partial charge < -0.3 is 36.6 Å². The van der Waals surface area contributed by atoms with Crippen LogP contribution in [-0.4, -0.2) is 108 Å². The highest BCUT2D eigenvalue weighted by Gasteiger charge is 2.33. The maximum Gasteiger partial charge on any atom is 0.417 e. The lowest BCUT2D eigenvalue weighted by atomic mass is 10.2. The number of rotatable bonds is 15. The first-order chi connectivity index (χ1) is 36.0. The van der Waals surface area contributed by atoms with E-state index in [0.717, 1.165) is 40.1 Å². The zero-order valence-electron chi connectivity index (χ0n) is 40.5. The van der Waals surface area contributed by atoms with E-state index in [4.69, 9.17) is 16.2 Å². The SMILES string of the molecule is C[Si](C)(C)CCOCn1ncc2c(N)ncc(NC(=O)C(=O)N(Cc3ccc(C(F)(F)F)cn3)Cc3ncccn3)c21.Nc1ncc(NC(=O)C(=O)N(Cc2ccc(C(F)(F)F)cn2)Cc2ncccn2)c2[nH]ncc12. The van der Waals surface area contributed by atoms with Crippen molar-refractivity contribution in [3.05, 3.63) is 133 Å². The monoisotopic (exact) mass is 1070 g/mol. The number of aromatic nitrogens is 12. The van der Waals surface area contributed by atoms with Gasteiger partial charge in [-0.1, -0.05) is 19.6 Å². The minimum Gasteiger partial charge on any atom is -0.383 e. The van der Waals surface area contributed by atoms with E-state index >= 15 is 0 Å². The molecule has 0 radical (unpaired) electrons. The van der Waals surface area contributed by atoms with Crippen LogP contribution in [0.25, 0.3) is 21.8 Å². The molecule has 0 unspecified atom stereocenters. The van der Waals surface area contributed by atoms with E-state index < -0.39 is 55.2 Å². The molecule has 30 heteroatoms. The van der Waals surface area contributed by atoms with Gasteiger partial charge in [0.2, 0.25) is 0 Å². The van der Waals surface area contributed by atoms with E-state index in [2.05, 4.69) is 85.4 Å². The Kier molecular flexibility index (Phi) is 16.9. The Balaban J connectivity index is 0.000000226. The first-order valence-corrected chi connectivity index (χ1v) is 26.3. The molecule has 8 heterocycles. The second-order valence-corrected chi connectivity index (χ2v) is 23.3. The van der Waals surface area contributed by atoms with Gasteiger partial charge in [-0.3, -0.25) is 34.2 Å². The quantitative estimate of drug-likeness (QED) is 0.0361. The number of nitrogens with two attached hydrogens (primary N) is 2. The van der Waals surface area contributed by atoms with E-state index in [1.807, 2.05) is 0 Å². The van der Waals surface area contributed by atoms with E-state index in [1.165, 1.54) is 54.3 Å². The van der Waals surface area contributed by atoms with Crippen LogP contribution in [0.4, 0.5) is 49.4 Å². The summed E-state index contributed by atoms with van der Waals surface area (Å²) in [4.78, 5) is 86.4. The summed E-state index contributed by atoms with van der Waals surface area (Å²) in [5.41, 5.74) is 11.3. The molecule has 8 aromatic heterocycles. The fourth-order valence-electron chi connectivity index (χ4n) is 6.85. The molecular formula is C46H46F6N18O5Si. The second-order valence-electron chi connectivity index (χ2n) is 17.7. The summed E-state index contributed by atoms with van der Waals surface area (Å²) >= 11 is 0. The Hall–Kier alpha value is -9.06. The number of nitrogens with one attached hydrogen (secondary N) is 3. The van der Waals surface area contributed by atoms with Crippen LogP contribution in [0, 0.1) is 0 Å². The molecule has 0 aromatic carbocycles. The van der Waals surface area contributed by atoms with Crippen molar-refractivity contribution in [1.29, 1.82) is 0 Å². The van der Waals surface area contributed by atoms with Crippen LogP contribution < -0.4 is 22.1 Å². The van der Waals surface area contributed by atoms with Crippen LogP contribution >= 0.6 is 0 Å². The number of H-pyrrole nitrogens is 1. The van der Waals surface area contributed by atoms with Crippen LogP contribution in [0.1, 0.15) is 34.2 Å². The smallest absolute Gasteiger partial charge is 0.383 e. The minimum absolute atomic E-state index is 0.0886. The number of hydrogen-bond acceptors (Lipinski definition) is 17. The minimum atomic E-state index is -4.57. The number of anilines is 4. The van der Waals surface area contributed by atoms with Gasteiger partial charge in [-0.2, -0.15) is 36.5 Å². The number of nitrogen functional groups attached to an aromatic ring is 2. The first-order valence-electron chi connectivity index (χ1n) is 22.6. The van der Waals surface area contributed by atoms with Crippen molar-refractivity contribution < 1.29 is 50.3 Å². The lowest BCUT2D eigenvalue weighted by Crippen LogP contribution is -2.39. The molecule has 0 spiro atoms. The van der Waals surface area contributed by atoms with Crippen molar-refractivity contribution in [2.45, 2.75) is 70.9 Å². The molecule has 0 fully saturated rings. The van der Waals surface area contributed by atoms with Crippen molar-refractivity contribution in [3.8, 4) is 0 Å². The maximum atomic E-state index is 13.4. The summed E-state index contributed by atoms with van der Waals surface area (Å²) < 4.78 is 84.8. The van der Waals surface area contributed by atoms with Crippen molar-refractivity contribution in [2.75, 3.05) is 28.7 Å². The van der Waals surface area contributed by atoms with Gasteiger partial charge in [0.25, 0.3) is 0 Å². The third-order valence-corrected chi connectivity index (χ3v) is 12.5. The third kappa shape index (κ3) is 14.4. The highest BCUT2D eigenvalue weighted by Crippen LogP contribution is 2.31. The summed E-state index contributed by atoms with van der Waals surface area (Å²) in [6.07, 6.45) is 3.54. The number of carbonyl (C=O) groups is 4. The molecule has 0 bridgehead atoms. The van der Waals surface area contributed by atoms with Gasteiger partial charge in [0, 0.05) is 51.9 Å². The molecule has 0 aliphatic rings. The van der Waals surface area contributed by atoms with Crippen LogP contribution in [0.3, 0.4) is 0 Å². The molecule has 0 saturated carbocycles. The number of hydrogen-bond donors (Lipinski definition) is 5. The second kappa shape index (κ2) is 23.4. The molecule has 7 N–H and O–H groups in total. The topological polar surface area (TPSA) is 310 Å². The standard InChI is InChI=1S/C26H30F3N9O3Si.C20H16F3N9O2/c1-42(2,3)10-9-41-16-38-22-19(12-35-38)23(30)34-13-20(22)36-24(39)25(40)37(15-21-31-7-4-8-32-21)14-18-6-5-17(11-33-18)26(27,28)29;21-20(22,23)11-2-3-12(27-6-11)9-32(10-15-25-4-1-5-26-15)19(34)18(33)30-14-8-28-17(24)13-7-29-31-16(13)14/h4-8,11-13H,9-10,14-16H2,1-3H3,(H2,30,34)(H,36,39);1-8H,9-10H2,(H2,24,28)(H,29,31)(H,30,33). The lowest BCUT2D eigenvalue weighted by molar-refractivity contribution is -0.144. The summed E-state index contributed by atoms with van der Waals surface area (Å²) in [7, 11) is -1.31. The van der Waals surface area contributed by atoms with Crippen LogP contribution in [0.15, 0.2) is 98.4 Å². The summed E-state index contributed by atoms with van der Waals surface area (Å²) in [5, 5.41) is 16.7. The fourth-order valence-corrected chi connectivity index (χ4v) is 7.61. The van der Waals surface area contributed by atoms with Gasteiger partial charge >= 0.3 is 36.0 Å². The largest absolute Gasteiger partial charge is 0.417 e. The highest BCUT2D eigenvalue weighted by molar-refractivity contribution is 6.76. The van der Waals surface area contributed by atoms with Gasteiger partial charge in [-0.15, -0.1) is 0 Å². The fraction of sp³-hybridized carbons (Fsp3) is 0.261. The summed E-state index contributed by atoms with van der Waals surface area (Å²) in [5.74, 6) is -3.23. The summed E-state index contributed by atoms with van der Waals surface area (Å²) in [6.45, 7) is 6.40. The van der Waals surface area contributed by atoms with Crippen molar-refractivity contribution >= 4 is 76.5 Å². The number of halogens is 6. The van der Waals surface area contributed by atoms with Gasteiger partial charge in [-0.25, -0.2) is 34.6 Å². The van der Waals surface area contributed by atoms with Gasteiger partial charge in [0.15, 0.2) is 0 Å². The predicted molar refractivity (Wildman–Crippen MR) is 263 cm³/mol. The van der Waals surface area contributed by atoms with Crippen molar-refractivity contribution in [1.82, 2.24) is 69.6 Å². The van der Waals surface area contributed by atoms with Gasteiger partial charge in [-0.05, 0) is 42.4 Å². The van der Waals surface area contributed by atoms with E-state index in [-0.39, 0.29) is 79.0 Å². The predicted octanol–water partition coefficient (Wildman–Crippen LogP) is 5.61. The lowest BCUT2D eigenvalue weighted by Gasteiger charge is -2.21. The molecule has 8 rings (SSSR count). The molecule has 76 heavy (non-hydrogen) atoms. The number of carbonyl (C=O) groups excluding carboxylic acids is 4. The maximum absolute atomic E-state index is 13.4. The Morgan fingerprint density at radius 2 is 1.12 bits per heavy atom. The Morgan fingerprint density at radius 1 is 0.632 bits per heavy atom. The molecule has 8 aromatic rings. The number of nitrogens with zero attached hydrogens (tertiary/aromatic N) is 13. The third-order valence-electron chi connectivity index (χ3n) is 10.8. The van der Waals surface area contributed by atoms with Crippen LogP contribution in [-0.2, 0) is 69.2 Å². The number of fused-ring (bicyclic) bond motifs is 2. The average molecular weight is 1070 g/mol. The zero-order chi connectivity index (χ0) is 54.8.